The van der Waals surface area contributed by atoms with Gasteiger partial charge in [-0.05, 0) is 31.0 Å². The molecule has 0 saturated carbocycles. The molecule has 0 unspecified atom stereocenters. The number of hydrogen-bond donors (Lipinski definition) is 1. The van der Waals surface area contributed by atoms with Crippen LogP contribution in [0.4, 0.5) is 19.0 Å². The van der Waals surface area contributed by atoms with Crippen molar-refractivity contribution < 1.29 is 18.0 Å². The van der Waals surface area contributed by atoms with E-state index in [0.29, 0.717) is 25.9 Å². The van der Waals surface area contributed by atoms with Crippen molar-refractivity contribution in [1.82, 2.24) is 15.3 Å². The highest BCUT2D eigenvalue weighted by molar-refractivity contribution is 5.79. The molecule has 146 valence electrons. The highest BCUT2D eigenvalue weighted by Gasteiger charge is 2.30. The number of carbonyl (C=O) groups excluding carboxylic acids is 1. The lowest BCUT2D eigenvalue weighted by atomic mass is 9.96. The third kappa shape index (κ3) is 5.22. The Morgan fingerprint density at radius 1 is 1.25 bits per heavy atom. The minimum atomic E-state index is -4.40. The molecule has 5 nitrogen and oxygen atoms in total. The largest absolute Gasteiger partial charge is 0.416 e. The van der Waals surface area contributed by atoms with Crippen LogP contribution < -0.4 is 10.2 Å². The Labute approximate surface area is 161 Å². The molecule has 1 aromatic carbocycles. The van der Waals surface area contributed by atoms with Gasteiger partial charge in [0.25, 0.3) is 0 Å². The molecule has 1 N–H and O–H groups in total. The van der Waals surface area contributed by atoms with E-state index in [1.807, 2.05) is 0 Å². The summed E-state index contributed by atoms with van der Waals surface area (Å²) < 4.78 is 38.1. The van der Waals surface area contributed by atoms with E-state index in [1.54, 1.807) is 18.6 Å². The molecule has 0 spiro atoms. The fourth-order valence-corrected chi connectivity index (χ4v) is 3.02. The number of hydrogen-bond acceptors (Lipinski definition) is 4. The molecule has 1 aromatic heterocycles. The summed E-state index contributed by atoms with van der Waals surface area (Å²) in [6, 6.07) is 4.82. The van der Waals surface area contributed by atoms with E-state index in [2.05, 4.69) is 32.0 Å². The Hall–Kier alpha value is -3.08. The number of benzene rings is 1. The second-order valence-corrected chi connectivity index (χ2v) is 6.42. The summed E-state index contributed by atoms with van der Waals surface area (Å²) in [6.07, 6.45) is 1.95. The number of carbonyl (C=O) groups is 1. The standard InChI is InChI=1S/C20H19F3N4O/c21-20(22,23)17-5-1-3-15(13-17)4-2-8-26-19(28)16-6-11-27(12-7-16)18-14-24-9-10-25-18/h1,3,5,9-10,13-14,16H,6-8,11-12H2,(H,26,28). The minimum Gasteiger partial charge on any atom is -0.355 e. The summed E-state index contributed by atoms with van der Waals surface area (Å²) in [5.41, 5.74) is -0.473. The number of nitrogens with zero attached hydrogens (tertiary/aromatic N) is 3. The zero-order chi connectivity index (χ0) is 20.0. The number of nitrogens with one attached hydrogen (secondary N) is 1. The summed E-state index contributed by atoms with van der Waals surface area (Å²) >= 11 is 0. The van der Waals surface area contributed by atoms with Crippen LogP contribution in [0.3, 0.4) is 0 Å². The molecule has 1 aliphatic rings. The molecular weight excluding hydrogens is 369 g/mol. The maximum absolute atomic E-state index is 12.7. The van der Waals surface area contributed by atoms with Gasteiger partial charge >= 0.3 is 6.18 Å². The first kappa shape index (κ1) is 19.7. The minimum absolute atomic E-state index is 0.0860. The van der Waals surface area contributed by atoms with Crippen molar-refractivity contribution in [2.24, 2.45) is 5.92 Å². The topological polar surface area (TPSA) is 58.1 Å². The van der Waals surface area contributed by atoms with Crippen molar-refractivity contribution in [3.8, 4) is 11.8 Å². The van der Waals surface area contributed by atoms with Gasteiger partial charge in [0.2, 0.25) is 5.91 Å². The maximum Gasteiger partial charge on any atom is 0.416 e. The van der Waals surface area contributed by atoms with Crippen LogP contribution in [-0.2, 0) is 11.0 Å². The van der Waals surface area contributed by atoms with E-state index in [4.69, 9.17) is 0 Å². The van der Waals surface area contributed by atoms with Gasteiger partial charge in [-0.25, -0.2) is 4.98 Å². The fraction of sp³-hybridized carbons (Fsp3) is 0.350. The summed E-state index contributed by atoms with van der Waals surface area (Å²) in [5.74, 6) is 5.97. The molecule has 2 heterocycles. The Kier molecular flexibility index (Phi) is 6.14. The van der Waals surface area contributed by atoms with Gasteiger partial charge < -0.3 is 10.2 Å². The molecule has 0 bridgehead atoms. The second kappa shape index (κ2) is 8.74. The average molecular weight is 388 g/mol. The van der Waals surface area contributed by atoms with Gasteiger partial charge in [-0.3, -0.25) is 9.78 Å². The Balaban J connectivity index is 1.47. The van der Waals surface area contributed by atoms with Crippen molar-refractivity contribution in [2.45, 2.75) is 19.0 Å². The van der Waals surface area contributed by atoms with E-state index in [9.17, 15) is 18.0 Å². The average Bonchev–Trinajstić information content (AvgIpc) is 2.71. The van der Waals surface area contributed by atoms with E-state index in [-0.39, 0.29) is 23.9 Å². The lowest BCUT2D eigenvalue weighted by Crippen LogP contribution is -2.41. The van der Waals surface area contributed by atoms with Crippen LogP contribution in [0.15, 0.2) is 42.9 Å². The highest BCUT2D eigenvalue weighted by Crippen LogP contribution is 2.29. The zero-order valence-electron chi connectivity index (χ0n) is 15.0. The van der Waals surface area contributed by atoms with E-state index in [1.165, 1.54) is 12.1 Å². The van der Waals surface area contributed by atoms with Gasteiger partial charge in [0.1, 0.15) is 5.82 Å². The predicted molar refractivity (Wildman–Crippen MR) is 98.3 cm³/mol. The molecule has 0 atom stereocenters. The number of amides is 1. The molecule has 1 saturated heterocycles. The molecular formula is C20H19F3N4O. The van der Waals surface area contributed by atoms with Gasteiger partial charge in [-0.1, -0.05) is 17.9 Å². The number of rotatable bonds is 3. The van der Waals surface area contributed by atoms with E-state index < -0.39 is 11.7 Å². The van der Waals surface area contributed by atoms with Crippen molar-refractivity contribution in [3.63, 3.8) is 0 Å². The second-order valence-electron chi connectivity index (χ2n) is 6.42. The Morgan fingerprint density at radius 2 is 2.04 bits per heavy atom. The highest BCUT2D eigenvalue weighted by atomic mass is 19.4. The van der Waals surface area contributed by atoms with Crippen molar-refractivity contribution in [2.75, 3.05) is 24.5 Å². The lowest BCUT2D eigenvalue weighted by molar-refractivity contribution is -0.137. The first-order chi connectivity index (χ1) is 13.4. The third-order valence-corrected chi connectivity index (χ3v) is 4.51. The van der Waals surface area contributed by atoms with Gasteiger partial charge in [-0.15, -0.1) is 0 Å². The zero-order valence-corrected chi connectivity index (χ0v) is 15.0. The van der Waals surface area contributed by atoms with Crippen LogP contribution in [-0.4, -0.2) is 35.5 Å². The molecule has 0 radical (unpaired) electrons. The number of alkyl halides is 3. The lowest BCUT2D eigenvalue weighted by Gasteiger charge is -2.31. The number of anilines is 1. The first-order valence-electron chi connectivity index (χ1n) is 8.88. The van der Waals surface area contributed by atoms with Crippen molar-refractivity contribution in [3.05, 3.63) is 54.0 Å². The predicted octanol–water partition coefficient (Wildman–Crippen LogP) is 2.88. The van der Waals surface area contributed by atoms with Crippen LogP contribution >= 0.6 is 0 Å². The normalized spacial score (nSPS) is 14.9. The smallest absolute Gasteiger partial charge is 0.355 e. The maximum atomic E-state index is 12.7. The van der Waals surface area contributed by atoms with Crippen LogP contribution in [0.25, 0.3) is 0 Å². The summed E-state index contributed by atoms with van der Waals surface area (Å²) in [6.45, 7) is 1.53. The molecule has 2 aromatic rings. The first-order valence-corrected chi connectivity index (χ1v) is 8.88. The molecule has 1 aliphatic heterocycles. The van der Waals surface area contributed by atoms with Gasteiger partial charge in [0, 0.05) is 37.0 Å². The molecule has 8 heteroatoms. The van der Waals surface area contributed by atoms with E-state index >= 15 is 0 Å². The summed E-state index contributed by atoms with van der Waals surface area (Å²) in [4.78, 5) is 22.7. The molecule has 1 fully saturated rings. The van der Waals surface area contributed by atoms with Crippen molar-refractivity contribution in [1.29, 1.82) is 0 Å². The van der Waals surface area contributed by atoms with Crippen LogP contribution in [0.2, 0.25) is 0 Å². The third-order valence-electron chi connectivity index (χ3n) is 4.51. The van der Waals surface area contributed by atoms with Crippen LogP contribution in [0, 0.1) is 17.8 Å². The summed E-state index contributed by atoms with van der Waals surface area (Å²) in [5, 5.41) is 2.74. The van der Waals surface area contributed by atoms with Crippen LogP contribution in [0.5, 0.6) is 0 Å². The van der Waals surface area contributed by atoms with Gasteiger partial charge in [0.15, 0.2) is 0 Å². The number of piperidine rings is 1. The Morgan fingerprint density at radius 3 is 2.71 bits per heavy atom. The van der Waals surface area contributed by atoms with Gasteiger partial charge in [0.05, 0.1) is 18.3 Å². The summed E-state index contributed by atoms with van der Waals surface area (Å²) in [7, 11) is 0. The number of halogens is 3. The Bertz CT molecular complexity index is 866. The molecule has 1 amide bonds. The van der Waals surface area contributed by atoms with Crippen molar-refractivity contribution >= 4 is 11.7 Å². The molecule has 0 aliphatic carbocycles. The number of aromatic nitrogens is 2. The molecule has 28 heavy (non-hydrogen) atoms. The van der Waals surface area contributed by atoms with E-state index in [0.717, 1.165) is 18.0 Å². The quantitative estimate of drug-likeness (QED) is 0.822. The van der Waals surface area contributed by atoms with Crippen LogP contribution in [0.1, 0.15) is 24.0 Å². The monoisotopic (exact) mass is 388 g/mol. The van der Waals surface area contributed by atoms with Gasteiger partial charge in [-0.2, -0.15) is 13.2 Å². The fourth-order valence-electron chi connectivity index (χ4n) is 3.02. The molecule has 3 rings (SSSR count). The SMILES string of the molecule is O=C(NCC#Cc1cccc(C(F)(F)F)c1)C1CCN(c2cnccn2)CC1.